The van der Waals surface area contributed by atoms with E-state index in [9.17, 15) is 5.11 Å². The lowest BCUT2D eigenvalue weighted by molar-refractivity contribution is 0.460. The third kappa shape index (κ3) is 5.74. The minimum atomic E-state index is 0.482. The van der Waals surface area contributed by atoms with Gasteiger partial charge >= 0.3 is 0 Å². The maximum atomic E-state index is 10.4. The van der Waals surface area contributed by atoms with E-state index in [4.69, 9.17) is 0 Å². The average Bonchev–Trinajstić information content (AvgIpc) is 2.54. The van der Waals surface area contributed by atoms with Crippen molar-refractivity contribution in [1.82, 2.24) is 0 Å². The van der Waals surface area contributed by atoms with Crippen LogP contribution in [0.25, 0.3) is 0 Å². The van der Waals surface area contributed by atoms with Gasteiger partial charge in [0.15, 0.2) is 0 Å². The van der Waals surface area contributed by atoms with E-state index in [1.807, 2.05) is 6.07 Å². The molecule has 0 aromatic heterocycles. The molecule has 0 aliphatic carbocycles. The number of hydrogen-bond acceptors (Lipinski definition) is 1. The van der Waals surface area contributed by atoms with Crippen molar-refractivity contribution in [3.63, 3.8) is 0 Å². The van der Waals surface area contributed by atoms with Gasteiger partial charge in [-0.2, -0.15) is 0 Å². The fourth-order valence-corrected chi connectivity index (χ4v) is 4.81. The molecule has 0 fully saturated rings. The molecule has 2 heteroatoms. The van der Waals surface area contributed by atoms with Crippen LogP contribution < -0.4 is 5.19 Å². The van der Waals surface area contributed by atoms with Crippen LogP contribution in [-0.4, -0.2) is 14.6 Å². The molecule has 0 saturated carbocycles. The Morgan fingerprint density at radius 2 is 1.54 bits per heavy atom. The summed E-state index contributed by atoms with van der Waals surface area (Å²) in [5.41, 5.74) is 6.71. The van der Waals surface area contributed by atoms with Crippen molar-refractivity contribution in [1.29, 1.82) is 0 Å². The first-order valence-corrected chi connectivity index (χ1v) is 11.1. The molecule has 140 valence electrons. The van der Waals surface area contributed by atoms with Crippen LogP contribution in [0.3, 0.4) is 0 Å². The third-order valence-corrected chi connectivity index (χ3v) is 6.39. The zero-order chi connectivity index (χ0) is 19.3. The van der Waals surface area contributed by atoms with E-state index in [2.05, 4.69) is 65.8 Å². The summed E-state index contributed by atoms with van der Waals surface area (Å²) < 4.78 is 0. The number of aryl methyl sites for hydroxylation is 2. The number of hydrogen-bond donors (Lipinski definition) is 1. The van der Waals surface area contributed by atoms with Crippen LogP contribution in [0, 0.1) is 25.7 Å². The van der Waals surface area contributed by atoms with Crippen molar-refractivity contribution in [2.45, 2.75) is 66.8 Å². The van der Waals surface area contributed by atoms with Gasteiger partial charge in [0.1, 0.15) is 5.75 Å². The second kappa shape index (κ2) is 9.41. The van der Waals surface area contributed by atoms with Crippen LogP contribution in [0.5, 0.6) is 5.75 Å². The Balaban J connectivity index is 2.18. The molecule has 0 saturated heterocycles. The van der Waals surface area contributed by atoms with Gasteiger partial charge in [0.05, 0.1) is 9.52 Å². The number of phenols is 1. The molecular formula is C24H34OSi. The molecule has 2 rings (SSSR count). The maximum Gasteiger partial charge on any atom is 0.119 e. The van der Waals surface area contributed by atoms with Gasteiger partial charge in [0.25, 0.3) is 0 Å². The Kier molecular flexibility index (Phi) is 7.51. The molecule has 0 amide bonds. The van der Waals surface area contributed by atoms with Crippen LogP contribution >= 0.6 is 0 Å². The van der Waals surface area contributed by atoms with E-state index < -0.39 is 0 Å². The summed E-state index contributed by atoms with van der Waals surface area (Å²) in [6.07, 6.45) is 3.08. The number of phenolic OH excluding ortho intramolecular Hbond substituents is 1. The molecule has 0 aliphatic heterocycles. The molecular weight excluding hydrogens is 332 g/mol. The third-order valence-electron chi connectivity index (χ3n) is 4.97. The van der Waals surface area contributed by atoms with Gasteiger partial charge in [-0.3, -0.25) is 0 Å². The van der Waals surface area contributed by atoms with Crippen molar-refractivity contribution < 1.29 is 5.11 Å². The summed E-state index contributed by atoms with van der Waals surface area (Å²) in [5, 5.41) is 11.9. The zero-order valence-electron chi connectivity index (χ0n) is 17.3. The molecule has 0 spiro atoms. The van der Waals surface area contributed by atoms with E-state index in [1.54, 1.807) is 0 Å². The normalized spacial score (nSPS) is 11.5. The SMILES string of the molecule is Cc1cccc([Si]CCc2cc(CC(C)C)c(O)cc2CC(C)C)c1C. The Morgan fingerprint density at radius 3 is 2.19 bits per heavy atom. The van der Waals surface area contributed by atoms with Gasteiger partial charge in [-0.05, 0) is 78.8 Å². The largest absolute Gasteiger partial charge is 0.508 e. The summed E-state index contributed by atoms with van der Waals surface area (Å²) in [4.78, 5) is 0. The van der Waals surface area contributed by atoms with E-state index in [0.717, 1.165) is 34.3 Å². The highest BCUT2D eigenvalue weighted by Gasteiger charge is 2.12. The highest BCUT2D eigenvalue weighted by Crippen LogP contribution is 2.27. The molecule has 2 aromatic carbocycles. The van der Waals surface area contributed by atoms with Crippen molar-refractivity contribution in [2.75, 3.05) is 0 Å². The summed E-state index contributed by atoms with van der Waals surface area (Å²) >= 11 is 0. The molecule has 1 nitrogen and oxygen atoms in total. The van der Waals surface area contributed by atoms with E-state index in [-0.39, 0.29) is 0 Å². The Hall–Kier alpha value is -1.54. The fourth-order valence-electron chi connectivity index (χ4n) is 3.47. The predicted octanol–water partition coefficient (Wildman–Crippen LogP) is 5.40. The highest BCUT2D eigenvalue weighted by atomic mass is 28.2. The van der Waals surface area contributed by atoms with Gasteiger partial charge in [0, 0.05) is 0 Å². The van der Waals surface area contributed by atoms with Gasteiger partial charge in [-0.1, -0.05) is 63.2 Å². The maximum absolute atomic E-state index is 10.4. The van der Waals surface area contributed by atoms with Gasteiger partial charge in [0.2, 0.25) is 0 Å². The minimum absolute atomic E-state index is 0.482. The lowest BCUT2D eigenvalue weighted by Gasteiger charge is -2.17. The minimum Gasteiger partial charge on any atom is -0.508 e. The summed E-state index contributed by atoms with van der Waals surface area (Å²) in [6.45, 7) is 13.4. The number of rotatable bonds is 8. The molecule has 0 bridgehead atoms. The first-order chi connectivity index (χ1) is 12.3. The number of benzene rings is 2. The molecule has 1 N–H and O–H groups in total. The monoisotopic (exact) mass is 366 g/mol. The fraction of sp³-hybridized carbons (Fsp3) is 0.500. The zero-order valence-corrected chi connectivity index (χ0v) is 18.3. The lowest BCUT2D eigenvalue weighted by Crippen LogP contribution is -2.18. The Bertz CT molecular complexity index is 731. The summed E-state index contributed by atoms with van der Waals surface area (Å²) in [7, 11) is 0.845. The smallest absolute Gasteiger partial charge is 0.119 e. The van der Waals surface area contributed by atoms with Gasteiger partial charge < -0.3 is 5.11 Å². The quantitative estimate of drug-likeness (QED) is 0.620. The molecule has 2 aromatic rings. The first kappa shape index (κ1) is 20.8. The van der Waals surface area contributed by atoms with Gasteiger partial charge in [-0.25, -0.2) is 0 Å². The molecule has 2 radical (unpaired) electrons. The van der Waals surface area contributed by atoms with E-state index in [0.29, 0.717) is 17.6 Å². The van der Waals surface area contributed by atoms with E-state index in [1.165, 1.54) is 33.5 Å². The predicted molar refractivity (Wildman–Crippen MR) is 115 cm³/mol. The summed E-state index contributed by atoms with van der Waals surface area (Å²) in [5.74, 6) is 1.64. The second-order valence-electron chi connectivity index (χ2n) is 8.37. The van der Waals surface area contributed by atoms with Gasteiger partial charge in [-0.15, -0.1) is 0 Å². The van der Waals surface area contributed by atoms with Crippen LogP contribution in [0.4, 0.5) is 0 Å². The molecule has 0 aliphatic rings. The van der Waals surface area contributed by atoms with Crippen molar-refractivity contribution >= 4 is 14.7 Å². The molecule has 26 heavy (non-hydrogen) atoms. The first-order valence-electron chi connectivity index (χ1n) is 9.91. The van der Waals surface area contributed by atoms with Crippen LogP contribution in [0.1, 0.15) is 55.5 Å². The number of aromatic hydroxyl groups is 1. The molecule has 0 unspecified atom stereocenters. The van der Waals surface area contributed by atoms with Crippen LogP contribution in [0.15, 0.2) is 30.3 Å². The Labute approximate surface area is 162 Å². The van der Waals surface area contributed by atoms with Crippen molar-refractivity contribution in [3.8, 4) is 5.75 Å². The van der Waals surface area contributed by atoms with Crippen molar-refractivity contribution in [3.05, 3.63) is 58.1 Å². The standard InChI is InChI=1S/C24H34OSi/c1-16(2)12-21-15-23(25)22(13-17(3)4)14-20(21)10-11-26-24-9-7-8-18(5)19(24)6/h7-9,14-17,25H,10-13H2,1-6H3. The van der Waals surface area contributed by atoms with Crippen LogP contribution in [0.2, 0.25) is 6.04 Å². The highest BCUT2D eigenvalue weighted by molar-refractivity contribution is 6.54. The summed E-state index contributed by atoms with van der Waals surface area (Å²) in [6, 6.07) is 12.1. The molecule has 0 atom stereocenters. The Morgan fingerprint density at radius 1 is 0.885 bits per heavy atom. The topological polar surface area (TPSA) is 20.2 Å². The average molecular weight is 367 g/mol. The lowest BCUT2D eigenvalue weighted by atomic mass is 9.92. The molecule has 0 heterocycles. The van der Waals surface area contributed by atoms with Crippen LogP contribution in [-0.2, 0) is 19.3 Å². The van der Waals surface area contributed by atoms with E-state index >= 15 is 0 Å². The second-order valence-corrected chi connectivity index (χ2v) is 9.76. The van der Waals surface area contributed by atoms with Crippen molar-refractivity contribution in [2.24, 2.45) is 11.8 Å².